The number of hydrogen-bond acceptors (Lipinski definition) is 6. The molecule has 40 heavy (non-hydrogen) atoms. The number of halogens is 1. The van der Waals surface area contributed by atoms with Gasteiger partial charge in [-0.2, -0.15) is 4.31 Å². The van der Waals surface area contributed by atoms with Gasteiger partial charge in [-0.1, -0.05) is 66.3 Å². The summed E-state index contributed by atoms with van der Waals surface area (Å²) in [6.45, 7) is 4.57. The molecule has 0 fully saturated rings. The third kappa shape index (κ3) is 5.93. The van der Waals surface area contributed by atoms with E-state index < -0.39 is 10.0 Å². The van der Waals surface area contributed by atoms with Crippen LogP contribution in [0, 0.1) is 6.92 Å². The van der Waals surface area contributed by atoms with E-state index in [2.05, 4.69) is 4.98 Å². The molecule has 3 aromatic carbocycles. The SMILES string of the molecule is CCN(Cc1ccccc1)S(=O)(=O)c1ccc(C(=O)N(Cc2cccnc2)c2nc3c(C)cc(Cl)cc3s2)cc1. The number of sulfonamides is 1. The Morgan fingerprint density at radius 2 is 1.68 bits per heavy atom. The molecular formula is C30H27ClN4O3S2. The maximum atomic E-state index is 13.9. The Morgan fingerprint density at radius 3 is 2.35 bits per heavy atom. The van der Waals surface area contributed by atoms with Gasteiger partial charge in [0.2, 0.25) is 10.0 Å². The highest BCUT2D eigenvalue weighted by Gasteiger charge is 2.26. The van der Waals surface area contributed by atoms with Gasteiger partial charge in [0.25, 0.3) is 5.91 Å². The standard InChI is InChI=1S/C30H27ClN4O3S2/c1-3-34(19-22-8-5-4-6-9-22)40(37,38)26-13-11-24(12-14-26)29(36)35(20-23-10-7-15-32-18-23)30-33-28-21(2)16-25(31)17-27(28)39-30/h4-18H,3,19-20H2,1-2H3. The van der Waals surface area contributed by atoms with Gasteiger partial charge in [0.15, 0.2) is 5.13 Å². The summed E-state index contributed by atoms with van der Waals surface area (Å²) in [5.41, 5.74) is 3.79. The second-order valence-corrected chi connectivity index (χ2v) is 12.6. The first-order chi connectivity index (χ1) is 19.3. The molecule has 0 aliphatic heterocycles. The van der Waals surface area contributed by atoms with Crippen molar-refractivity contribution in [3.63, 3.8) is 0 Å². The monoisotopic (exact) mass is 590 g/mol. The van der Waals surface area contributed by atoms with Crippen molar-refractivity contribution in [1.29, 1.82) is 0 Å². The first-order valence-corrected chi connectivity index (χ1v) is 15.3. The van der Waals surface area contributed by atoms with Crippen molar-refractivity contribution in [3.8, 4) is 0 Å². The van der Waals surface area contributed by atoms with Crippen molar-refractivity contribution >= 4 is 54.2 Å². The van der Waals surface area contributed by atoms with Crippen molar-refractivity contribution in [1.82, 2.24) is 14.3 Å². The number of nitrogens with zero attached hydrogens (tertiary/aromatic N) is 4. The maximum absolute atomic E-state index is 13.9. The molecule has 204 valence electrons. The number of thiazole rings is 1. The zero-order valence-corrected chi connectivity index (χ0v) is 24.4. The average molecular weight is 591 g/mol. The van der Waals surface area contributed by atoms with E-state index >= 15 is 0 Å². The molecule has 5 rings (SSSR count). The lowest BCUT2D eigenvalue weighted by molar-refractivity contribution is 0.0985. The molecule has 2 heterocycles. The van der Waals surface area contributed by atoms with Crippen molar-refractivity contribution in [2.45, 2.75) is 31.8 Å². The van der Waals surface area contributed by atoms with E-state index in [4.69, 9.17) is 16.6 Å². The van der Waals surface area contributed by atoms with E-state index in [0.717, 1.165) is 26.9 Å². The quantitative estimate of drug-likeness (QED) is 0.190. The molecule has 2 aromatic heterocycles. The topological polar surface area (TPSA) is 83.5 Å². The number of carbonyl (C=O) groups excluding carboxylic acids is 1. The van der Waals surface area contributed by atoms with Crippen LogP contribution in [0.2, 0.25) is 5.02 Å². The van der Waals surface area contributed by atoms with Gasteiger partial charge in [0, 0.05) is 36.1 Å². The number of hydrogen-bond donors (Lipinski definition) is 0. The molecule has 0 saturated carbocycles. The minimum absolute atomic E-state index is 0.130. The summed E-state index contributed by atoms with van der Waals surface area (Å²) < 4.78 is 29.1. The van der Waals surface area contributed by atoms with Gasteiger partial charge in [-0.15, -0.1) is 0 Å². The molecule has 0 aliphatic carbocycles. The van der Waals surface area contributed by atoms with Crippen molar-refractivity contribution in [3.05, 3.63) is 119 Å². The summed E-state index contributed by atoms with van der Waals surface area (Å²) in [6.07, 6.45) is 3.38. The zero-order valence-electron chi connectivity index (χ0n) is 22.0. The van der Waals surface area contributed by atoms with Crippen LogP contribution in [-0.2, 0) is 23.1 Å². The van der Waals surface area contributed by atoms with Gasteiger partial charge in [-0.05, 0) is 66.1 Å². The van der Waals surface area contributed by atoms with Crippen LogP contribution in [0.4, 0.5) is 5.13 Å². The maximum Gasteiger partial charge on any atom is 0.260 e. The summed E-state index contributed by atoms with van der Waals surface area (Å²) >= 11 is 7.65. The smallest absolute Gasteiger partial charge is 0.260 e. The van der Waals surface area contributed by atoms with Crippen LogP contribution in [-0.4, -0.2) is 35.1 Å². The lowest BCUT2D eigenvalue weighted by atomic mass is 10.2. The summed E-state index contributed by atoms with van der Waals surface area (Å²) in [6, 6.07) is 22.9. The third-order valence-electron chi connectivity index (χ3n) is 6.47. The fraction of sp³-hybridized carbons (Fsp3) is 0.167. The fourth-order valence-corrected chi connectivity index (χ4v) is 7.24. The van der Waals surface area contributed by atoms with E-state index in [0.29, 0.717) is 22.3 Å². The van der Waals surface area contributed by atoms with Crippen LogP contribution in [0.25, 0.3) is 10.2 Å². The number of fused-ring (bicyclic) bond motifs is 1. The Bertz CT molecular complexity index is 1740. The lowest BCUT2D eigenvalue weighted by Gasteiger charge is -2.22. The number of amides is 1. The number of rotatable bonds is 9. The Hall–Kier alpha value is -3.63. The van der Waals surface area contributed by atoms with Crippen LogP contribution in [0.3, 0.4) is 0 Å². The molecule has 0 bridgehead atoms. The minimum atomic E-state index is -3.76. The molecule has 0 saturated heterocycles. The Morgan fingerprint density at radius 1 is 0.950 bits per heavy atom. The van der Waals surface area contributed by atoms with E-state index in [-0.39, 0.29) is 23.9 Å². The van der Waals surface area contributed by atoms with Crippen LogP contribution < -0.4 is 4.90 Å². The van der Waals surface area contributed by atoms with Gasteiger partial charge in [-0.3, -0.25) is 14.7 Å². The van der Waals surface area contributed by atoms with E-state index in [1.54, 1.807) is 29.4 Å². The Balaban J connectivity index is 1.46. The number of anilines is 1. The highest BCUT2D eigenvalue weighted by atomic mass is 35.5. The second-order valence-electron chi connectivity index (χ2n) is 9.26. The Kier molecular flexibility index (Phi) is 8.27. The molecule has 0 aliphatic rings. The molecule has 5 aromatic rings. The Labute approximate surface area is 242 Å². The van der Waals surface area contributed by atoms with E-state index in [1.165, 1.54) is 27.8 Å². The third-order valence-corrected chi connectivity index (χ3v) is 9.65. The second kappa shape index (κ2) is 11.9. The predicted octanol–water partition coefficient (Wildman–Crippen LogP) is 6.71. The van der Waals surface area contributed by atoms with Gasteiger partial charge in [0.05, 0.1) is 21.7 Å². The van der Waals surface area contributed by atoms with E-state index in [9.17, 15) is 13.2 Å². The first-order valence-electron chi connectivity index (χ1n) is 12.7. The number of carbonyl (C=O) groups is 1. The van der Waals surface area contributed by atoms with Crippen molar-refractivity contribution < 1.29 is 13.2 Å². The number of aryl methyl sites for hydroxylation is 1. The normalized spacial score (nSPS) is 11.7. The molecule has 0 radical (unpaired) electrons. The van der Waals surface area contributed by atoms with Crippen molar-refractivity contribution in [2.75, 3.05) is 11.4 Å². The predicted molar refractivity (Wildman–Crippen MR) is 160 cm³/mol. The summed E-state index contributed by atoms with van der Waals surface area (Å²) in [5.74, 6) is -0.299. The summed E-state index contributed by atoms with van der Waals surface area (Å²) in [5, 5.41) is 1.13. The molecule has 0 spiro atoms. The first kappa shape index (κ1) is 27.9. The fourth-order valence-electron chi connectivity index (χ4n) is 4.39. The van der Waals surface area contributed by atoms with Crippen LogP contribution in [0.1, 0.15) is 34.0 Å². The molecule has 10 heteroatoms. The van der Waals surface area contributed by atoms with Crippen LogP contribution in [0.5, 0.6) is 0 Å². The molecule has 7 nitrogen and oxygen atoms in total. The van der Waals surface area contributed by atoms with Gasteiger partial charge < -0.3 is 0 Å². The van der Waals surface area contributed by atoms with Crippen LogP contribution in [0.15, 0.2) is 96.2 Å². The van der Waals surface area contributed by atoms with Gasteiger partial charge in [0.1, 0.15) is 0 Å². The average Bonchev–Trinajstić information content (AvgIpc) is 3.39. The molecule has 0 unspecified atom stereocenters. The minimum Gasteiger partial charge on any atom is -0.279 e. The lowest BCUT2D eigenvalue weighted by Crippen LogP contribution is -2.31. The largest absolute Gasteiger partial charge is 0.279 e. The van der Waals surface area contributed by atoms with Gasteiger partial charge in [-0.25, -0.2) is 13.4 Å². The number of benzene rings is 3. The van der Waals surface area contributed by atoms with E-state index in [1.807, 2.05) is 68.4 Å². The molecule has 0 N–H and O–H groups in total. The number of pyridine rings is 1. The number of aromatic nitrogens is 2. The van der Waals surface area contributed by atoms with Gasteiger partial charge >= 0.3 is 0 Å². The van der Waals surface area contributed by atoms with Crippen LogP contribution >= 0.6 is 22.9 Å². The highest BCUT2D eigenvalue weighted by molar-refractivity contribution is 7.89. The molecular weight excluding hydrogens is 564 g/mol. The zero-order chi connectivity index (χ0) is 28.3. The molecule has 0 atom stereocenters. The summed E-state index contributed by atoms with van der Waals surface area (Å²) in [4.78, 5) is 24.5. The highest BCUT2D eigenvalue weighted by Crippen LogP contribution is 2.34. The molecule has 1 amide bonds. The summed E-state index contributed by atoms with van der Waals surface area (Å²) in [7, 11) is -3.76. The van der Waals surface area contributed by atoms with Crippen molar-refractivity contribution in [2.24, 2.45) is 0 Å².